The highest BCUT2D eigenvalue weighted by Gasteiger charge is 2.31. The van der Waals surface area contributed by atoms with E-state index in [0.717, 1.165) is 5.69 Å². The number of hydrogen-bond donors (Lipinski definition) is 2. The molecule has 1 unspecified atom stereocenters. The first kappa shape index (κ1) is 17.9. The predicted molar refractivity (Wildman–Crippen MR) is 96.4 cm³/mol. The van der Waals surface area contributed by atoms with Crippen LogP contribution in [0.25, 0.3) is 5.82 Å². The Hall–Kier alpha value is -2.90. The lowest BCUT2D eigenvalue weighted by Crippen LogP contribution is -2.34. The molecular formula is C18H23N5O3. The van der Waals surface area contributed by atoms with E-state index in [-0.39, 0.29) is 18.0 Å². The van der Waals surface area contributed by atoms with Crippen molar-refractivity contribution in [2.45, 2.75) is 32.6 Å². The van der Waals surface area contributed by atoms with Crippen LogP contribution in [0.5, 0.6) is 0 Å². The highest BCUT2D eigenvalue weighted by Crippen LogP contribution is 2.26. The van der Waals surface area contributed by atoms with Crippen LogP contribution < -0.4 is 5.32 Å². The molecule has 3 heterocycles. The Morgan fingerprint density at radius 2 is 2.08 bits per heavy atom. The highest BCUT2D eigenvalue weighted by molar-refractivity contribution is 5.89. The average Bonchev–Trinajstić information content (AvgIpc) is 3.22. The van der Waals surface area contributed by atoms with Crippen LogP contribution >= 0.6 is 0 Å². The van der Waals surface area contributed by atoms with Crippen LogP contribution in [0, 0.1) is 5.92 Å². The van der Waals surface area contributed by atoms with E-state index in [2.05, 4.69) is 15.4 Å². The molecule has 8 heteroatoms. The van der Waals surface area contributed by atoms with E-state index in [0.29, 0.717) is 24.6 Å². The monoisotopic (exact) mass is 357 g/mol. The summed E-state index contributed by atoms with van der Waals surface area (Å²) in [7, 11) is 0. The van der Waals surface area contributed by atoms with E-state index in [1.807, 2.05) is 45.0 Å². The number of carbonyl (C=O) groups is 2. The van der Waals surface area contributed by atoms with E-state index < -0.39 is 11.9 Å². The first-order valence-corrected chi connectivity index (χ1v) is 8.56. The van der Waals surface area contributed by atoms with Gasteiger partial charge in [0.2, 0.25) is 0 Å². The maximum absolute atomic E-state index is 12.6. The summed E-state index contributed by atoms with van der Waals surface area (Å²) in [5, 5.41) is 16.6. The molecule has 1 fully saturated rings. The largest absolute Gasteiger partial charge is 0.481 e. The standard InChI is InChI=1S/C18H23N5O3/c1-18(2,3)13-10-15(23(21-13)14-6-4-5-8-19-14)20-17(26)22-9-7-12(11-22)16(24)25/h4-6,8,10,12H,7,9,11H2,1-3H3,(H,20,26)(H,24,25). The molecule has 0 aromatic carbocycles. The number of anilines is 1. The van der Waals surface area contributed by atoms with Crippen LogP contribution in [-0.4, -0.2) is 49.9 Å². The molecule has 0 saturated carbocycles. The summed E-state index contributed by atoms with van der Waals surface area (Å²) in [5.74, 6) is -0.263. The summed E-state index contributed by atoms with van der Waals surface area (Å²) in [6.45, 7) is 6.77. The van der Waals surface area contributed by atoms with E-state index in [1.54, 1.807) is 10.9 Å². The quantitative estimate of drug-likeness (QED) is 0.879. The number of aliphatic carboxylic acids is 1. The predicted octanol–water partition coefficient (Wildman–Crippen LogP) is 2.50. The Bertz CT molecular complexity index is 810. The van der Waals surface area contributed by atoms with Crippen LogP contribution in [0.4, 0.5) is 10.6 Å². The zero-order valence-electron chi connectivity index (χ0n) is 15.1. The molecule has 2 aromatic rings. The third-order valence-corrected chi connectivity index (χ3v) is 4.40. The van der Waals surface area contributed by atoms with Crippen LogP contribution in [0.15, 0.2) is 30.5 Å². The lowest BCUT2D eigenvalue weighted by molar-refractivity contribution is -0.141. The van der Waals surface area contributed by atoms with Crippen molar-refractivity contribution in [2.75, 3.05) is 18.4 Å². The minimum absolute atomic E-state index is 0.193. The van der Waals surface area contributed by atoms with E-state index in [4.69, 9.17) is 5.11 Å². The molecule has 138 valence electrons. The maximum atomic E-state index is 12.6. The van der Waals surface area contributed by atoms with Crippen LogP contribution in [0.2, 0.25) is 0 Å². The Morgan fingerprint density at radius 3 is 2.65 bits per heavy atom. The number of hydrogen-bond acceptors (Lipinski definition) is 4. The molecule has 0 radical (unpaired) electrons. The van der Waals surface area contributed by atoms with Gasteiger partial charge in [-0.2, -0.15) is 9.78 Å². The summed E-state index contributed by atoms with van der Waals surface area (Å²) >= 11 is 0. The van der Waals surface area contributed by atoms with Gasteiger partial charge in [-0.25, -0.2) is 9.78 Å². The maximum Gasteiger partial charge on any atom is 0.323 e. The van der Waals surface area contributed by atoms with Crippen molar-refractivity contribution in [3.8, 4) is 5.82 Å². The van der Waals surface area contributed by atoms with Crippen molar-refractivity contribution in [3.05, 3.63) is 36.2 Å². The molecule has 26 heavy (non-hydrogen) atoms. The van der Waals surface area contributed by atoms with Crippen molar-refractivity contribution in [2.24, 2.45) is 5.92 Å². The first-order chi connectivity index (χ1) is 12.3. The van der Waals surface area contributed by atoms with Crippen molar-refractivity contribution in [1.29, 1.82) is 0 Å². The Morgan fingerprint density at radius 1 is 1.31 bits per heavy atom. The Labute approximate surface area is 151 Å². The SMILES string of the molecule is CC(C)(C)c1cc(NC(=O)N2CCC(C(=O)O)C2)n(-c2ccccn2)n1. The molecule has 3 rings (SSSR count). The number of urea groups is 1. The third kappa shape index (κ3) is 3.68. The number of carboxylic acids is 1. The minimum atomic E-state index is -0.867. The van der Waals surface area contributed by atoms with Gasteiger partial charge >= 0.3 is 12.0 Å². The molecule has 0 spiro atoms. The Kier molecular flexibility index (Phi) is 4.67. The number of nitrogens with zero attached hydrogens (tertiary/aromatic N) is 4. The van der Waals surface area contributed by atoms with Gasteiger partial charge in [0.25, 0.3) is 0 Å². The lowest BCUT2D eigenvalue weighted by atomic mass is 9.92. The fourth-order valence-electron chi connectivity index (χ4n) is 2.83. The van der Waals surface area contributed by atoms with Gasteiger partial charge in [0, 0.05) is 30.8 Å². The minimum Gasteiger partial charge on any atom is -0.481 e. The molecule has 0 bridgehead atoms. The number of pyridine rings is 1. The summed E-state index contributed by atoms with van der Waals surface area (Å²) in [6, 6.07) is 6.98. The topological polar surface area (TPSA) is 100 Å². The van der Waals surface area contributed by atoms with Gasteiger partial charge in [0.15, 0.2) is 5.82 Å². The van der Waals surface area contributed by atoms with Crippen molar-refractivity contribution < 1.29 is 14.7 Å². The fraction of sp³-hybridized carbons (Fsp3) is 0.444. The van der Waals surface area contributed by atoms with E-state index in [9.17, 15) is 9.59 Å². The van der Waals surface area contributed by atoms with Crippen molar-refractivity contribution >= 4 is 17.8 Å². The van der Waals surface area contributed by atoms with Crippen molar-refractivity contribution in [1.82, 2.24) is 19.7 Å². The van der Waals surface area contributed by atoms with Crippen LogP contribution in [0.3, 0.4) is 0 Å². The van der Waals surface area contributed by atoms with Gasteiger partial charge in [-0.1, -0.05) is 26.8 Å². The summed E-state index contributed by atoms with van der Waals surface area (Å²) in [6.07, 6.45) is 2.13. The second-order valence-corrected chi connectivity index (χ2v) is 7.46. The van der Waals surface area contributed by atoms with Crippen LogP contribution in [-0.2, 0) is 10.2 Å². The number of likely N-dealkylation sites (tertiary alicyclic amines) is 1. The van der Waals surface area contributed by atoms with Gasteiger partial charge in [0.05, 0.1) is 11.6 Å². The molecule has 2 amide bonds. The molecule has 0 aliphatic carbocycles. The molecule has 1 aliphatic rings. The summed E-state index contributed by atoms with van der Waals surface area (Å²) in [5.41, 5.74) is 0.630. The second kappa shape index (κ2) is 6.78. The first-order valence-electron chi connectivity index (χ1n) is 8.56. The number of carboxylic acid groups (broad SMARTS) is 1. The second-order valence-electron chi connectivity index (χ2n) is 7.46. The molecule has 1 aliphatic heterocycles. The third-order valence-electron chi connectivity index (χ3n) is 4.40. The zero-order valence-corrected chi connectivity index (χ0v) is 15.1. The molecule has 1 saturated heterocycles. The van der Waals surface area contributed by atoms with Gasteiger partial charge < -0.3 is 10.0 Å². The molecule has 2 aromatic heterocycles. The molecular weight excluding hydrogens is 334 g/mol. The number of amides is 2. The van der Waals surface area contributed by atoms with Gasteiger partial charge in [-0.15, -0.1) is 0 Å². The fourth-order valence-corrected chi connectivity index (χ4v) is 2.83. The number of rotatable bonds is 3. The van der Waals surface area contributed by atoms with Crippen LogP contribution in [0.1, 0.15) is 32.9 Å². The smallest absolute Gasteiger partial charge is 0.323 e. The number of nitrogens with one attached hydrogen (secondary N) is 1. The van der Waals surface area contributed by atoms with Crippen molar-refractivity contribution in [3.63, 3.8) is 0 Å². The molecule has 2 N–H and O–H groups in total. The number of carbonyl (C=O) groups excluding carboxylic acids is 1. The van der Waals surface area contributed by atoms with Gasteiger partial charge in [-0.3, -0.25) is 10.1 Å². The molecule has 8 nitrogen and oxygen atoms in total. The Balaban J connectivity index is 1.86. The normalized spacial score (nSPS) is 17.3. The van der Waals surface area contributed by atoms with E-state index >= 15 is 0 Å². The summed E-state index contributed by atoms with van der Waals surface area (Å²) in [4.78, 5) is 29.5. The summed E-state index contributed by atoms with van der Waals surface area (Å²) < 4.78 is 1.60. The highest BCUT2D eigenvalue weighted by atomic mass is 16.4. The van der Waals surface area contributed by atoms with Gasteiger partial charge in [-0.05, 0) is 18.6 Å². The number of aromatic nitrogens is 3. The van der Waals surface area contributed by atoms with Gasteiger partial charge in [0.1, 0.15) is 5.82 Å². The average molecular weight is 357 g/mol. The molecule has 1 atom stereocenters. The van der Waals surface area contributed by atoms with E-state index in [1.165, 1.54) is 4.90 Å². The lowest BCUT2D eigenvalue weighted by Gasteiger charge is -2.17. The zero-order chi connectivity index (χ0) is 18.9.